The van der Waals surface area contributed by atoms with E-state index < -0.39 is 32.5 Å². The lowest BCUT2D eigenvalue weighted by Crippen LogP contribution is -2.19. The number of hydrogen-bond donors (Lipinski definition) is 3. The van der Waals surface area contributed by atoms with Crippen molar-refractivity contribution < 1.29 is 32.7 Å². The van der Waals surface area contributed by atoms with Gasteiger partial charge in [-0.15, -0.1) is 0 Å². The van der Waals surface area contributed by atoms with Gasteiger partial charge in [0.15, 0.2) is 29.5 Å². The molecule has 4 atom stereocenters. The summed E-state index contributed by atoms with van der Waals surface area (Å²) in [4.78, 5) is 20.1. The Morgan fingerprint density at radius 3 is 3.00 bits per heavy atom. The van der Waals surface area contributed by atoms with E-state index in [4.69, 9.17) is 15.0 Å². The summed E-state index contributed by atoms with van der Waals surface area (Å²) in [6.45, 7) is 0. The minimum absolute atomic E-state index is 0.0126. The number of anilines is 1. The average Bonchev–Trinajstić information content (AvgIpc) is 3.02. The summed E-state index contributed by atoms with van der Waals surface area (Å²) < 4.78 is 40.3. The van der Waals surface area contributed by atoms with Crippen LogP contribution in [0.15, 0.2) is 6.33 Å². The average molecular weight is 349 g/mol. The summed E-state index contributed by atoms with van der Waals surface area (Å²) >= 11 is 0. The van der Waals surface area contributed by atoms with Crippen LogP contribution in [-0.2, 0) is 18.3 Å². The van der Waals surface area contributed by atoms with Crippen molar-refractivity contribution in [2.24, 2.45) is 0 Å². The number of aromatic nitrogens is 4. The molecule has 0 spiro atoms. The molecule has 23 heavy (non-hydrogen) atoms. The molecular weight excluding hydrogens is 336 g/mol. The number of nitrogens with two attached hydrogens (primary N) is 1. The third-order valence-electron chi connectivity index (χ3n) is 3.23. The fourth-order valence-electron chi connectivity index (χ4n) is 2.22. The second-order valence-electron chi connectivity index (χ2n) is 4.72. The lowest BCUT2D eigenvalue weighted by Gasteiger charge is -2.17. The molecule has 0 bridgehead atoms. The topological polar surface area (TPSA) is 155 Å². The van der Waals surface area contributed by atoms with Gasteiger partial charge in [0.25, 0.3) is 0 Å². The molecule has 0 aromatic carbocycles. The normalized spacial score (nSPS) is 27.4. The highest BCUT2D eigenvalue weighted by molar-refractivity contribution is 7.47. The third kappa shape index (κ3) is 3.04. The quantitative estimate of drug-likeness (QED) is 0.504. The Balaban J connectivity index is 1.89. The molecule has 3 rings (SSSR count). The molecule has 13 heteroatoms. The van der Waals surface area contributed by atoms with Crippen molar-refractivity contribution in [3.63, 3.8) is 0 Å². The number of phosphoric ester groups is 1. The first-order valence-electron chi connectivity index (χ1n) is 6.37. The molecule has 1 saturated heterocycles. The summed E-state index contributed by atoms with van der Waals surface area (Å²) in [5.41, 5.74) is 5.70. The molecule has 4 N–H and O–H groups in total. The van der Waals surface area contributed by atoms with Crippen LogP contribution in [0.2, 0.25) is 0 Å². The van der Waals surface area contributed by atoms with E-state index >= 15 is 0 Å². The number of rotatable bonds is 4. The molecule has 2 aromatic rings. The van der Waals surface area contributed by atoms with E-state index in [1.54, 1.807) is 0 Å². The van der Waals surface area contributed by atoms with E-state index in [2.05, 4.69) is 19.5 Å². The van der Waals surface area contributed by atoms with Gasteiger partial charge in [0.05, 0.1) is 6.33 Å². The van der Waals surface area contributed by atoms with Gasteiger partial charge < -0.3 is 20.5 Å². The number of ether oxygens (including phenoxy) is 1. The van der Waals surface area contributed by atoms with Crippen LogP contribution in [0.1, 0.15) is 12.6 Å². The summed E-state index contributed by atoms with van der Waals surface area (Å²) in [6.07, 6.45) is -3.31. The second-order valence-corrected chi connectivity index (χ2v) is 6.23. The Labute approximate surface area is 128 Å². The molecule has 1 aliphatic heterocycles. The number of imidazole rings is 1. The van der Waals surface area contributed by atoms with Gasteiger partial charge in [-0.05, 0) is 0 Å². The van der Waals surface area contributed by atoms with Gasteiger partial charge in [0.1, 0.15) is 6.10 Å². The number of aliphatic hydroxyl groups excluding tert-OH is 1. The maximum absolute atomic E-state index is 13.3. The zero-order valence-electron chi connectivity index (χ0n) is 11.7. The van der Waals surface area contributed by atoms with Crippen molar-refractivity contribution in [2.45, 2.75) is 25.0 Å². The van der Waals surface area contributed by atoms with Gasteiger partial charge in [-0.2, -0.15) is 14.4 Å². The lowest BCUT2D eigenvalue weighted by molar-refractivity contribution is -0.115. The van der Waals surface area contributed by atoms with E-state index in [-0.39, 0.29) is 23.4 Å². The molecule has 4 unspecified atom stereocenters. The largest absolute Gasteiger partial charge is 0.474 e. The molecule has 126 valence electrons. The molecular formula is C10H13FN5O6P. The monoisotopic (exact) mass is 349 g/mol. The van der Waals surface area contributed by atoms with Crippen molar-refractivity contribution in [1.29, 1.82) is 0 Å². The standard InChI is InChI=1S/C10H13FN5O6P/c1-20-23(18,19)22-5-2-4(17)9(21-5)16-3-13-6-7(12)14-10(11)15-8(6)16/h3-5,9,17H,2H2,1H3,(H,18,19)(H2,12,14,15). The number of hydrogen-bond acceptors (Lipinski definition) is 9. The van der Waals surface area contributed by atoms with Gasteiger partial charge in [-0.3, -0.25) is 13.6 Å². The van der Waals surface area contributed by atoms with E-state index in [1.165, 1.54) is 10.9 Å². The first-order chi connectivity index (χ1) is 10.8. The Kier molecular flexibility index (Phi) is 4.04. The molecule has 1 fully saturated rings. The number of halogens is 1. The van der Waals surface area contributed by atoms with Crippen LogP contribution >= 0.6 is 7.82 Å². The predicted octanol–water partition coefficient (Wildman–Crippen LogP) is -0.0831. The number of fused-ring (bicyclic) bond motifs is 1. The zero-order chi connectivity index (χ0) is 16.8. The maximum atomic E-state index is 13.3. The van der Waals surface area contributed by atoms with Gasteiger partial charge in [-0.1, -0.05) is 0 Å². The van der Waals surface area contributed by atoms with E-state index in [9.17, 15) is 19.0 Å². The van der Waals surface area contributed by atoms with Crippen LogP contribution in [0.5, 0.6) is 0 Å². The van der Waals surface area contributed by atoms with Crippen molar-refractivity contribution >= 4 is 24.8 Å². The number of aliphatic hydroxyl groups is 1. The van der Waals surface area contributed by atoms with Crippen molar-refractivity contribution in [3.8, 4) is 0 Å². The van der Waals surface area contributed by atoms with Crippen LogP contribution in [0.25, 0.3) is 11.2 Å². The first kappa shape index (κ1) is 16.2. The van der Waals surface area contributed by atoms with Gasteiger partial charge >= 0.3 is 13.9 Å². The highest BCUT2D eigenvalue weighted by Crippen LogP contribution is 2.47. The molecule has 2 aromatic heterocycles. The summed E-state index contributed by atoms with van der Waals surface area (Å²) in [5.74, 6) is -0.161. The zero-order valence-corrected chi connectivity index (χ0v) is 12.6. The second kappa shape index (κ2) is 5.74. The summed E-state index contributed by atoms with van der Waals surface area (Å²) in [6, 6.07) is 0. The van der Waals surface area contributed by atoms with Crippen LogP contribution < -0.4 is 5.73 Å². The fraction of sp³-hybridized carbons (Fsp3) is 0.500. The SMILES string of the molecule is COP(=O)(O)OC1CC(O)C(n2cnc3c(N)nc(F)nc32)O1. The smallest absolute Gasteiger partial charge is 0.388 e. The van der Waals surface area contributed by atoms with Crippen LogP contribution in [-0.4, -0.2) is 49.0 Å². The third-order valence-corrected chi connectivity index (χ3v) is 4.19. The summed E-state index contributed by atoms with van der Waals surface area (Å²) in [7, 11) is -3.29. The van der Waals surface area contributed by atoms with Crippen LogP contribution in [0.4, 0.5) is 10.2 Å². The minimum atomic E-state index is -4.28. The number of phosphoric acid groups is 1. The highest BCUT2D eigenvalue weighted by atomic mass is 31.2. The molecule has 0 amide bonds. The molecule has 3 heterocycles. The Hall–Kier alpha value is -1.69. The van der Waals surface area contributed by atoms with Crippen molar-refractivity contribution in [1.82, 2.24) is 19.5 Å². The van der Waals surface area contributed by atoms with Gasteiger partial charge in [0, 0.05) is 13.5 Å². The van der Waals surface area contributed by atoms with Crippen LogP contribution in [0, 0.1) is 6.08 Å². The molecule has 1 aliphatic rings. The Morgan fingerprint density at radius 2 is 2.30 bits per heavy atom. The minimum Gasteiger partial charge on any atom is -0.388 e. The maximum Gasteiger partial charge on any atom is 0.474 e. The first-order valence-corrected chi connectivity index (χ1v) is 7.86. The number of nitrogens with zero attached hydrogens (tertiary/aromatic N) is 4. The molecule has 0 aliphatic carbocycles. The van der Waals surface area contributed by atoms with E-state index in [1.807, 2.05) is 0 Å². The van der Waals surface area contributed by atoms with Gasteiger partial charge in [0.2, 0.25) is 0 Å². The molecule has 0 saturated carbocycles. The van der Waals surface area contributed by atoms with Crippen molar-refractivity contribution in [2.75, 3.05) is 12.8 Å². The van der Waals surface area contributed by atoms with Crippen molar-refractivity contribution in [3.05, 3.63) is 12.4 Å². The number of nitrogen functional groups attached to an aromatic ring is 1. The highest BCUT2D eigenvalue weighted by Gasteiger charge is 2.40. The van der Waals surface area contributed by atoms with E-state index in [0.717, 1.165) is 7.11 Å². The van der Waals surface area contributed by atoms with Crippen LogP contribution in [0.3, 0.4) is 0 Å². The summed E-state index contributed by atoms with van der Waals surface area (Å²) in [5, 5.41) is 10.1. The Morgan fingerprint density at radius 1 is 1.57 bits per heavy atom. The Bertz CT molecular complexity index is 786. The van der Waals surface area contributed by atoms with Gasteiger partial charge in [-0.25, -0.2) is 9.55 Å². The van der Waals surface area contributed by atoms with E-state index in [0.29, 0.717) is 0 Å². The fourth-order valence-corrected chi connectivity index (χ4v) is 2.74. The molecule has 0 radical (unpaired) electrons. The predicted molar refractivity (Wildman–Crippen MR) is 72.1 cm³/mol. The lowest BCUT2D eigenvalue weighted by atomic mass is 10.2. The molecule has 11 nitrogen and oxygen atoms in total.